The lowest BCUT2D eigenvalue weighted by Gasteiger charge is -2.39. The van der Waals surface area contributed by atoms with Gasteiger partial charge >= 0.3 is 0 Å². The first-order chi connectivity index (χ1) is 7.52. The average molecular weight is 221 g/mol. The van der Waals surface area contributed by atoms with Crippen LogP contribution in [0, 0.1) is 22.7 Å². The molecule has 0 nitrogen and oxygen atoms in total. The van der Waals surface area contributed by atoms with Crippen LogP contribution in [0.15, 0.2) is 0 Å². The van der Waals surface area contributed by atoms with Crippen LogP contribution < -0.4 is 0 Å². The molecule has 93 valence electrons. The van der Waals surface area contributed by atoms with Crippen molar-refractivity contribution in [2.75, 3.05) is 0 Å². The molecule has 2 unspecified atom stereocenters. The molecule has 0 heterocycles. The number of hydrogen-bond acceptors (Lipinski definition) is 0. The van der Waals surface area contributed by atoms with Gasteiger partial charge in [0, 0.05) is 0 Å². The second-order valence-electron chi connectivity index (χ2n) is 6.91. The van der Waals surface area contributed by atoms with Crippen molar-refractivity contribution >= 4 is 0 Å². The van der Waals surface area contributed by atoms with Crippen LogP contribution in [0.3, 0.4) is 0 Å². The second kappa shape index (κ2) is 4.35. The molecular formula is C16H29. The van der Waals surface area contributed by atoms with Gasteiger partial charge in [0.2, 0.25) is 0 Å². The number of unbranched alkanes of at least 4 members (excludes halogenated alkanes) is 3. The van der Waals surface area contributed by atoms with E-state index in [1.54, 1.807) is 0 Å². The minimum atomic E-state index is 0.587. The number of rotatable bonds is 5. The van der Waals surface area contributed by atoms with Crippen molar-refractivity contribution in [3.63, 3.8) is 0 Å². The molecular weight excluding hydrogens is 192 g/mol. The van der Waals surface area contributed by atoms with Crippen molar-refractivity contribution in [2.45, 2.75) is 79.1 Å². The van der Waals surface area contributed by atoms with E-state index >= 15 is 0 Å². The van der Waals surface area contributed by atoms with Crippen molar-refractivity contribution < 1.29 is 0 Å². The van der Waals surface area contributed by atoms with E-state index in [-0.39, 0.29) is 0 Å². The zero-order valence-electron chi connectivity index (χ0n) is 11.7. The highest BCUT2D eigenvalue weighted by molar-refractivity contribution is 5.23. The zero-order valence-corrected chi connectivity index (χ0v) is 11.7. The van der Waals surface area contributed by atoms with Crippen LogP contribution in [-0.4, -0.2) is 0 Å². The Kier molecular flexibility index (Phi) is 3.39. The Morgan fingerprint density at radius 1 is 1.12 bits per heavy atom. The van der Waals surface area contributed by atoms with Crippen LogP contribution >= 0.6 is 0 Å². The Morgan fingerprint density at radius 3 is 2.38 bits per heavy atom. The van der Waals surface area contributed by atoms with Gasteiger partial charge in [0.25, 0.3) is 0 Å². The molecule has 0 heteroatoms. The maximum Gasteiger partial charge on any atom is -0.0174 e. The molecule has 2 saturated carbocycles. The van der Waals surface area contributed by atoms with Crippen LogP contribution in [0.2, 0.25) is 0 Å². The fourth-order valence-corrected chi connectivity index (χ4v) is 4.25. The maximum absolute atomic E-state index is 2.55. The topological polar surface area (TPSA) is 0 Å². The van der Waals surface area contributed by atoms with Crippen molar-refractivity contribution in [2.24, 2.45) is 16.7 Å². The van der Waals surface area contributed by atoms with Gasteiger partial charge < -0.3 is 0 Å². The summed E-state index contributed by atoms with van der Waals surface area (Å²) in [6.07, 6.45) is 11.5. The highest BCUT2D eigenvalue weighted by Gasteiger charge is 2.60. The maximum atomic E-state index is 2.55. The number of fused-ring (bicyclic) bond motifs is 2. The first kappa shape index (κ1) is 12.5. The standard InChI is InChI=1S/C16H29/c1-5-6-7-8-9-14-12-13-10-11-16(14,4)15(13,2)3/h13H,5-12H2,1-4H3. The molecule has 2 rings (SSSR count). The molecule has 2 aliphatic carbocycles. The molecule has 2 bridgehead atoms. The Labute approximate surface area is 102 Å². The Hall–Kier alpha value is 0. The second-order valence-corrected chi connectivity index (χ2v) is 6.91. The SMILES string of the molecule is CCCCCC[C]1CC2CCC1(C)C2(C)C. The summed E-state index contributed by atoms with van der Waals surface area (Å²) >= 11 is 0. The van der Waals surface area contributed by atoms with E-state index in [0.717, 1.165) is 5.92 Å². The Morgan fingerprint density at radius 2 is 1.88 bits per heavy atom. The van der Waals surface area contributed by atoms with Gasteiger partial charge in [-0.3, -0.25) is 0 Å². The fourth-order valence-electron chi connectivity index (χ4n) is 4.25. The van der Waals surface area contributed by atoms with E-state index in [4.69, 9.17) is 0 Å². The van der Waals surface area contributed by atoms with E-state index in [1.165, 1.54) is 51.4 Å². The lowest BCUT2D eigenvalue weighted by Crippen LogP contribution is -2.31. The van der Waals surface area contributed by atoms with Gasteiger partial charge in [-0.25, -0.2) is 0 Å². The molecule has 0 amide bonds. The van der Waals surface area contributed by atoms with E-state index in [0.29, 0.717) is 10.8 Å². The Bertz CT molecular complexity index is 240. The molecule has 0 spiro atoms. The molecule has 1 radical (unpaired) electrons. The van der Waals surface area contributed by atoms with Gasteiger partial charge in [-0.2, -0.15) is 0 Å². The van der Waals surface area contributed by atoms with E-state index < -0.39 is 0 Å². The highest BCUT2D eigenvalue weighted by Crippen LogP contribution is 2.69. The summed E-state index contributed by atoms with van der Waals surface area (Å²) in [5, 5.41) is 0. The van der Waals surface area contributed by atoms with Crippen LogP contribution in [0.4, 0.5) is 0 Å². The van der Waals surface area contributed by atoms with E-state index in [1.807, 2.05) is 5.92 Å². The molecule has 0 aromatic carbocycles. The van der Waals surface area contributed by atoms with Gasteiger partial charge in [0.1, 0.15) is 0 Å². The summed E-state index contributed by atoms with van der Waals surface area (Å²) in [6, 6.07) is 0. The van der Waals surface area contributed by atoms with Crippen LogP contribution in [-0.2, 0) is 0 Å². The summed E-state index contributed by atoms with van der Waals surface area (Å²) in [5.74, 6) is 2.92. The normalized spacial score (nSPS) is 37.1. The summed E-state index contributed by atoms with van der Waals surface area (Å²) in [6.45, 7) is 9.89. The lowest BCUT2D eigenvalue weighted by atomic mass is 9.65. The highest BCUT2D eigenvalue weighted by atomic mass is 14.6. The smallest absolute Gasteiger partial charge is 0.0174 e. The van der Waals surface area contributed by atoms with Gasteiger partial charge in [-0.15, -0.1) is 0 Å². The van der Waals surface area contributed by atoms with Crippen molar-refractivity contribution in [3.8, 4) is 0 Å². The lowest BCUT2D eigenvalue weighted by molar-refractivity contribution is 0.161. The van der Waals surface area contributed by atoms with Crippen molar-refractivity contribution in [1.29, 1.82) is 0 Å². The predicted molar refractivity (Wildman–Crippen MR) is 71.2 cm³/mol. The molecule has 0 saturated heterocycles. The molecule has 0 aliphatic heterocycles. The van der Waals surface area contributed by atoms with E-state index in [2.05, 4.69) is 27.7 Å². The first-order valence-electron chi connectivity index (χ1n) is 7.37. The minimum absolute atomic E-state index is 0.587. The largest absolute Gasteiger partial charge is 0.0654 e. The predicted octanol–water partition coefficient (Wildman–Crippen LogP) is 5.38. The minimum Gasteiger partial charge on any atom is -0.0654 e. The van der Waals surface area contributed by atoms with Gasteiger partial charge in [0.05, 0.1) is 0 Å². The zero-order chi connectivity index (χ0) is 11.8. The van der Waals surface area contributed by atoms with Crippen LogP contribution in [0.25, 0.3) is 0 Å². The summed E-state index contributed by atoms with van der Waals surface area (Å²) < 4.78 is 0. The quantitative estimate of drug-likeness (QED) is 0.547. The summed E-state index contributed by atoms with van der Waals surface area (Å²) in [4.78, 5) is 0. The third kappa shape index (κ3) is 1.73. The van der Waals surface area contributed by atoms with Crippen molar-refractivity contribution in [1.82, 2.24) is 0 Å². The van der Waals surface area contributed by atoms with Crippen molar-refractivity contribution in [3.05, 3.63) is 5.92 Å². The van der Waals surface area contributed by atoms with Gasteiger partial charge in [-0.05, 0) is 48.3 Å². The van der Waals surface area contributed by atoms with Crippen LogP contribution in [0.1, 0.15) is 79.1 Å². The molecule has 0 aromatic rings. The van der Waals surface area contributed by atoms with Crippen LogP contribution in [0.5, 0.6) is 0 Å². The monoisotopic (exact) mass is 221 g/mol. The third-order valence-corrected chi connectivity index (χ3v) is 6.04. The molecule has 0 N–H and O–H groups in total. The van der Waals surface area contributed by atoms with Gasteiger partial charge in [-0.1, -0.05) is 53.4 Å². The molecule has 2 aliphatic rings. The molecule has 2 fully saturated rings. The summed E-state index contributed by atoms with van der Waals surface area (Å²) in [7, 11) is 0. The molecule has 2 atom stereocenters. The fraction of sp³-hybridized carbons (Fsp3) is 0.938. The molecule has 16 heavy (non-hydrogen) atoms. The summed E-state index contributed by atoms with van der Waals surface area (Å²) in [5.41, 5.74) is 1.18. The molecule has 0 aromatic heterocycles. The Balaban J connectivity index is 1.89. The third-order valence-electron chi connectivity index (χ3n) is 6.04. The first-order valence-corrected chi connectivity index (χ1v) is 7.37. The van der Waals surface area contributed by atoms with Gasteiger partial charge in [0.15, 0.2) is 0 Å². The average Bonchev–Trinajstić information content (AvgIpc) is 2.57. The van der Waals surface area contributed by atoms with E-state index in [9.17, 15) is 0 Å². The number of hydrogen-bond donors (Lipinski definition) is 0.